The van der Waals surface area contributed by atoms with Crippen molar-refractivity contribution in [2.45, 2.75) is 18.0 Å². The van der Waals surface area contributed by atoms with Crippen molar-refractivity contribution in [3.63, 3.8) is 0 Å². The maximum absolute atomic E-state index is 12.9. The summed E-state index contributed by atoms with van der Waals surface area (Å²) in [5.74, 6) is -0.222. The molecule has 3 rings (SSSR count). The quantitative estimate of drug-likeness (QED) is 0.461. The Labute approximate surface area is 156 Å². The molecular formula is C17H10ClF3O5S. The highest BCUT2D eigenvalue weighted by atomic mass is 35.5. The summed E-state index contributed by atoms with van der Waals surface area (Å²) in [5, 5.41) is -0.0744. The molecular weight excluding hydrogens is 409 g/mol. The van der Waals surface area contributed by atoms with E-state index >= 15 is 0 Å². The minimum absolute atomic E-state index is 0.0831. The molecule has 142 valence electrons. The van der Waals surface area contributed by atoms with Crippen LogP contribution >= 0.6 is 11.6 Å². The lowest BCUT2D eigenvalue weighted by molar-refractivity contribution is -0.137. The Balaban J connectivity index is 2.02. The fourth-order valence-electron chi connectivity index (χ4n) is 2.41. The summed E-state index contributed by atoms with van der Waals surface area (Å²) in [5.41, 5.74) is -1.23. The molecule has 1 heterocycles. The standard InChI is InChI=1S/C17H10ClF3O5S/c1-9-6-16(22)25-15-7-10(2-4-12(9)15)26-27(23,24)11-3-5-14(18)13(8-11)17(19,20)21/h2-8H,1H3. The van der Waals surface area contributed by atoms with Crippen LogP contribution in [0.2, 0.25) is 5.02 Å². The van der Waals surface area contributed by atoms with Gasteiger partial charge < -0.3 is 8.60 Å². The van der Waals surface area contributed by atoms with Gasteiger partial charge >= 0.3 is 21.9 Å². The SMILES string of the molecule is Cc1cc(=O)oc2cc(OS(=O)(=O)c3ccc(Cl)c(C(F)(F)F)c3)ccc12. The van der Waals surface area contributed by atoms with Crippen molar-refractivity contribution in [1.82, 2.24) is 0 Å². The number of alkyl halides is 3. The molecule has 0 spiro atoms. The van der Waals surface area contributed by atoms with E-state index in [9.17, 15) is 26.4 Å². The van der Waals surface area contributed by atoms with Gasteiger partial charge in [-0.25, -0.2) is 4.79 Å². The minimum atomic E-state index is -4.83. The minimum Gasteiger partial charge on any atom is -0.423 e. The Hall–Kier alpha value is -2.52. The maximum atomic E-state index is 12.9. The molecule has 0 aliphatic rings. The summed E-state index contributed by atoms with van der Waals surface area (Å²) in [4.78, 5) is 10.7. The third-order valence-corrected chi connectivity index (χ3v) is 5.23. The lowest BCUT2D eigenvalue weighted by Gasteiger charge is -2.12. The number of fused-ring (bicyclic) bond motifs is 1. The average molecular weight is 419 g/mol. The fraction of sp³-hybridized carbons (Fsp3) is 0.118. The highest BCUT2D eigenvalue weighted by Gasteiger charge is 2.34. The van der Waals surface area contributed by atoms with E-state index in [1.54, 1.807) is 6.92 Å². The van der Waals surface area contributed by atoms with E-state index < -0.39 is 37.4 Å². The van der Waals surface area contributed by atoms with Crippen LogP contribution in [0.25, 0.3) is 11.0 Å². The van der Waals surface area contributed by atoms with E-state index in [0.717, 1.165) is 12.1 Å². The van der Waals surface area contributed by atoms with Crippen molar-refractivity contribution in [2.24, 2.45) is 0 Å². The molecule has 0 N–H and O–H groups in total. The van der Waals surface area contributed by atoms with Crippen LogP contribution in [0.15, 0.2) is 56.6 Å². The van der Waals surface area contributed by atoms with Crippen LogP contribution in [0, 0.1) is 6.92 Å². The first-order valence-corrected chi connectivity index (χ1v) is 9.12. The molecule has 5 nitrogen and oxygen atoms in total. The van der Waals surface area contributed by atoms with Crippen LogP contribution in [0.4, 0.5) is 13.2 Å². The Bertz CT molecular complexity index is 1200. The topological polar surface area (TPSA) is 73.6 Å². The maximum Gasteiger partial charge on any atom is 0.417 e. The fourth-order valence-corrected chi connectivity index (χ4v) is 3.58. The van der Waals surface area contributed by atoms with Crippen LogP contribution < -0.4 is 9.81 Å². The molecule has 1 aromatic heterocycles. The molecule has 0 atom stereocenters. The summed E-state index contributed by atoms with van der Waals surface area (Å²) in [6.45, 7) is 1.67. The van der Waals surface area contributed by atoms with Gasteiger partial charge in [0.25, 0.3) is 0 Å². The largest absolute Gasteiger partial charge is 0.423 e. The first kappa shape index (κ1) is 19.2. The molecule has 27 heavy (non-hydrogen) atoms. The molecule has 0 aliphatic carbocycles. The van der Waals surface area contributed by atoms with Gasteiger partial charge in [0.05, 0.1) is 10.6 Å². The number of benzene rings is 2. The molecule has 2 aromatic carbocycles. The van der Waals surface area contributed by atoms with Gasteiger partial charge in [0.2, 0.25) is 0 Å². The monoisotopic (exact) mass is 418 g/mol. The van der Waals surface area contributed by atoms with Crippen LogP contribution in [0.3, 0.4) is 0 Å². The normalized spacial score (nSPS) is 12.3. The Morgan fingerprint density at radius 1 is 1.07 bits per heavy atom. The first-order valence-electron chi connectivity index (χ1n) is 7.33. The van der Waals surface area contributed by atoms with Crippen LogP contribution in [-0.2, 0) is 16.3 Å². The van der Waals surface area contributed by atoms with Crippen molar-refractivity contribution in [2.75, 3.05) is 0 Å². The smallest absolute Gasteiger partial charge is 0.417 e. The molecule has 0 fully saturated rings. The predicted octanol–water partition coefficient (Wildman–Crippen LogP) is 4.54. The van der Waals surface area contributed by atoms with Gasteiger partial charge in [0.15, 0.2) is 0 Å². The highest BCUT2D eigenvalue weighted by Crippen LogP contribution is 2.36. The first-order chi connectivity index (χ1) is 12.5. The molecule has 0 saturated heterocycles. The van der Waals surface area contributed by atoms with Crippen molar-refractivity contribution in [3.05, 3.63) is 69.0 Å². The molecule has 10 heteroatoms. The van der Waals surface area contributed by atoms with Gasteiger partial charge in [-0.2, -0.15) is 21.6 Å². The molecule has 0 unspecified atom stereocenters. The van der Waals surface area contributed by atoms with Crippen LogP contribution in [0.5, 0.6) is 5.75 Å². The Kier molecular flexibility index (Phi) is 4.69. The highest BCUT2D eigenvalue weighted by molar-refractivity contribution is 7.87. The summed E-state index contributed by atoms with van der Waals surface area (Å²) in [6, 6.07) is 7.33. The summed E-state index contributed by atoms with van der Waals surface area (Å²) in [7, 11) is -4.58. The Morgan fingerprint density at radius 3 is 2.44 bits per heavy atom. The van der Waals surface area contributed by atoms with Crippen molar-refractivity contribution in [1.29, 1.82) is 0 Å². The summed E-state index contributed by atoms with van der Waals surface area (Å²) in [6.07, 6.45) is -4.83. The third-order valence-electron chi connectivity index (χ3n) is 3.66. The number of hydrogen-bond donors (Lipinski definition) is 0. The van der Waals surface area contributed by atoms with E-state index in [1.807, 2.05) is 0 Å². The van der Waals surface area contributed by atoms with E-state index in [4.69, 9.17) is 20.2 Å². The lowest BCUT2D eigenvalue weighted by Crippen LogP contribution is -2.13. The van der Waals surface area contributed by atoms with Gasteiger partial charge in [-0.3, -0.25) is 0 Å². The van der Waals surface area contributed by atoms with Gasteiger partial charge in [0.1, 0.15) is 16.2 Å². The molecule has 0 saturated carbocycles. The number of aryl methyl sites for hydroxylation is 1. The van der Waals surface area contributed by atoms with E-state index in [1.165, 1.54) is 24.3 Å². The zero-order chi connectivity index (χ0) is 20.0. The second kappa shape index (κ2) is 6.58. The van der Waals surface area contributed by atoms with Crippen molar-refractivity contribution in [3.8, 4) is 5.75 Å². The van der Waals surface area contributed by atoms with Crippen LogP contribution in [-0.4, -0.2) is 8.42 Å². The molecule has 0 aliphatic heterocycles. The van der Waals surface area contributed by atoms with Crippen molar-refractivity contribution >= 4 is 32.7 Å². The number of rotatable bonds is 3. The van der Waals surface area contributed by atoms with Crippen molar-refractivity contribution < 1.29 is 30.2 Å². The van der Waals surface area contributed by atoms with E-state index in [-0.39, 0.29) is 11.3 Å². The third kappa shape index (κ3) is 3.93. The molecule has 0 radical (unpaired) electrons. The van der Waals surface area contributed by atoms with Gasteiger partial charge in [-0.05, 0) is 42.8 Å². The zero-order valence-electron chi connectivity index (χ0n) is 13.5. The molecule has 3 aromatic rings. The Morgan fingerprint density at radius 2 is 1.78 bits per heavy atom. The van der Waals surface area contributed by atoms with Crippen LogP contribution in [0.1, 0.15) is 11.1 Å². The lowest BCUT2D eigenvalue weighted by atomic mass is 10.1. The van der Waals surface area contributed by atoms with Gasteiger partial charge in [0, 0.05) is 17.5 Å². The number of hydrogen-bond acceptors (Lipinski definition) is 5. The average Bonchev–Trinajstić information content (AvgIpc) is 2.53. The number of halogens is 4. The van der Waals surface area contributed by atoms with Gasteiger partial charge in [-0.1, -0.05) is 11.6 Å². The summed E-state index contributed by atoms with van der Waals surface area (Å²) < 4.78 is 73.3. The van der Waals surface area contributed by atoms with E-state index in [2.05, 4.69) is 0 Å². The van der Waals surface area contributed by atoms with Gasteiger partial charge in [-0.15, -0.1) is 0 Å². The van der Waals surface area contributed by atoms with E-state index in [0.29, 0.717) is 17.0 Å². The zero-order valence-corrected chi connectivity index (χ0v) is 15.1. The predicted molar refractivity (Wildman–Crippen MR) is 91.5 cm³/mol. The summed E-state index contributed by atoms with van der Waals surface area (Å²) >= 11 is 5.49. The molecule has 0 bridgehead atoms. The second-order valence-electron chi connectivity index (χ2n) is 5.58. The second-order valence-corrected chi connectivity index (χ2v) is 7.54. The molecule has 0 amide bonds.